The fourth-order valence-electron chi connectivity index (χ4n) is 9.27. The molecule has 0 radical (unpaired) electrons. The van der Waals surface area contributed by atoms with Crippen molar-refractivity contribution >= 4 is 106 Å². The van der Waals surface area contributed by atoms with Gasteiger partial charge in [0.05, 0.1) is 46.2 Å². The van der Waals surface area contributed by atoms with Crippen molar-refractivity contribution in [3.05, 3.63) is 169 Å². The molecule has 322 valence electrons. The van der Waals surface area contributed by atoms with Crippen LogP contribution in [0.15, 0.2) is 158 Å². The van der Waals surface area contributed by atoms with Gasteiger partial charge in [-0.05, 0) is 80.9 Å². The van der Waals surface area contributed by atoms with Gasteiger partial charge in [-0.2, -0.15) is 0 Å². The second-order valence-corrected chi connectivity index (χ2v) is 22.3. The van der Waals surface area contributed by atoms with Crippen LogP contribution >= 0.6 is 68.0 Å². The molecule has 0 fully saturated rings. The molecule has 0 aliphatic carbocycles. The highest BCUT2D eigenvalue weighted by Crippen LogP contribution is 2.55. The summed E-state index contributed by atoms with van der Waals surface area (Å²) >= 11 is 11.2. The first-order chi connectivity index (χ1) is 32.5. The van der Waals surface area contributed by atoms with Crippen LogP contribution in [0.1, 0.15) is 11.1 Å². The lowest BCUT2D eigenvalue weighted by Crippen LogP contribution is -1.95. The molecular weight excluding hydrogens is 929 g/mol. The van der Waals surface area contributed by atoms with E-state index in [1.807, 2.05) is 129 Å². The number of thiophene rings is 6. The van der Waals surface area contributed by atoms with Crippen molar-refractivity contribution in [2.24, 2.45) is 0 Å². The van der Waals surface area contributed by atoms with Gasteiger partial charge in [0.15, 0.2) is 0 Å². The van der Waals surface area contributed by atoms with Crippen molar-refractivity contribution in [2.75, 3.05) is 14.2 Å². The van der Waals surface area contributed by atoms with Gasteiger partial charge >= 0.3 is 0 Å². The van der Waals surface area contributed by atoms with E-state index >= 15 is 0 Å². The van der Waals surface area contributed by atoms with E-state index in [1.165, 1.54) is 62.7 Å². The molecule has 0 saturated carbocycles. The minimum Gasteiger partial charge on any atom is -0.496 e. The highest BCUT2D eigenvalue weighted by molar-refractivity contribution is 7.42. The molecule has 12 aromatic rings. The molecule has 6 heterocycles. The maximum absolute atomic E-state index is 10.4. The molecule has 0 aliphatic heterocycles. The third-order valence-electron chi connectivity index (χ3n) is 12.3. The smallest absolute Gasteiger partial charge is 0.126 e. The van der Waals surface area contributed by atoms with E-state index in [4.69, 9.17) is 9.47 Å². The lowest BCUT2D eigenvalue weighted by atomic mass is 9.88. The van der Waals surface area contributed by atoms with Crippen LogP contribution in [-0.2, 0) is 13.2 Å². The zero-order valence-corrected chi connectivity index (χ0v) is 40.5. The SMILES string of the molecule is COc1ccccc1-c1cccc(-c2ccccc2OC)c1-c1cc2sc3cc(-c4cc5sc6cc(-c7c(-c8ccccc8CO)cccc7-c7ccccc7CO)sc6c5s4)sc3c2s1. The van der Waals surface area contributed by atoms with E-state index in [0.717, 1.165) is 72.7 Å². The van der Waals surface area contributed by atoms with E-state index in [-0.39, 0.29) is 13.2 Å². The average molecular weight is 967 g/mol. The van der Waals surface area contributed by atoms with Crippen molar-refractivity contribution in [1.29, 1.82) is 0 Å². The Bertz CT molecular complexity index is 3420. The summed E-state index contributed by atoms with van der Waals surface area (Å²) in [4.78, 5) is 4.98. The lowest BCUT2D eigenvalue weighted by molar-refractivity contribution is 0.282. The first kappa shape index (κ1) is 41.5. The third kappa shape index (κ3) is 6.86. The molecule has 0 saturated heterocycles. The summed E-state index contributed by atoms with van der Waals surface area (Å²) in [6.07, 6.45) is 0. The minimum atomic E-state index is -0.0481. The van der Waals surface area contributed by atoms with E-state index in [9.17, 15) is 10.2 Å². The normalized spacial score (nSPS) is 11.8. The summed E-state index contributed by atoms with van der Waals surface area (Å²) in [6.45, 7) is -0.0962. The van der Waals surface area contributed by atoms with Crippen molar-refractivity contribution in [3.8, 4) is 86.6 Å². The maximum atomic E-state index is 10.4. The molecule has 0 unspecified atom stereocenters. The summed E-state index contributed by atoms with van der Waals surface area (Å²) in [6, 6.07) is 55.3. The van der Waals surface area contributed by atoms with Crippen LogP contribution in [0, 0.1) is 0 Å². The highest BCUT2D eigenvalue weighted by atomic mass is 32.1. The lowest BCUT2D eigenvalue weighted by Gasteiger charge is -2.18. The molecule has 12 rings (SSSR count). The van der Waals surface area contributed by atoms with Crippen LogP contribution < -0.4 is 9.47 Å². The van der Waals surface area contributed by atoms with Gasteiger partial charge in [-0.15, -0.1) is 68.0 Å². The molecule has 0 spiro atoms. The molecule has 10 heteroatoms. The number of aliphatic hydroxyl groups is 2. The molecule has 66 heavy (non-hydrogen) atoms. The quantitative estimate of drug-likeness (QED) is 0.136. The van der Waals surface area contributed by atoms with Crippen LogP contribution in [0.2, 0.25) is 0 Å². The van der Waals surface area contributed by atoms with Gasteiger partial charge in [0, 0.05) is 60.6 Å². The molecule has 6 aromatic carbocycles. The summed E-state index contributed by atoms with van der Waals surface area (Å²) < 4.78 is 22.3. The molecular formula is C56H38O4S6. The van der Waals surface area contributed by atoms with Gasteiger partial charge in [0.2, 0.25) is 0 Å². The summed E-state index contributed by atoms with van der Waals surface area (Å²) in [7, 11) is 3.48. The molecule has 2 N–H and O–H groups in total. The molecule has 0 bridgehead atoms. The van der Waals surface area contributed by atoms with Crippen LogP contribution in [0.5, 0.6) is 11.5 Å². The number of hydrogen-bond acceptors (Lipinski definition) is 10. The van der Waals surface area contributed by atoms with Gasteiger partial charge in [0.25, 0.3) is 0 Å². The first-order valence-electron chi connectivity index (χ1n) is 21.4. The fourth-order valence-corrected chi connectivity index (χ4v) is 17.5. The summed E-state index contributed by atoms with van der Waals surface area (Å²) in [5.74, 6) is 1.68. The largest absolute Gasteiger partial charge is 0.496 e. The van der Waals surface area contributed by atoms with Gasteiger partial charge in [0.1, 0.15) is 11.5 Å². The Kier molecular flexibility index (Phi) is 10.7. The van der Waals surface area contributed by atoms with Crippen LogP contribution in [0.4, 0.5) is 0 Å². The van der Waals surface area contributed by atoms with Gasteiger partial charge in [-0.1, -0.05) is 121 Å². The van der Waals surface area contributed by atoms with Gasteiger partial charge in [-0.3, -0.25) is 0 Å². The van der Waals surface area contributed by atoms with Crippen LogP contribution in [0.3, 0.4) is 0 Å². The molecule has 0 amide bonds. The second-order valence-electron chi connectivity index (χ2n) is 15.9. The van der Waals surface area contributed by atoms with Crippen molar-refractivity contribution < 1.29 is 19.7 Å². The highest BCUT2D eigenvalue weighted by Gasteiger charge is 2.25. The molecule has 0 aliphatic rings. The monoisotopic (exact) mass is 966 g/mol. The molecule has 0 atom stereocenters. The number of fused-ring (bicyclic) bond motifs is 6. The Morgan fingerprint density at radius 2 is 0.636 bits per heavy atom. The molecule has 4 nitrogen and oxygen atoms in total. The minimum absolute atomic E-state index is 0.0481. The Labute approximate surface area is 405 Å². The number of hydrogen-bond donors (Lipinski definition) is 2. The van der Waals surface area contributed by atoms with E-state index in [1.54, 1.807) is 14.2 Å². The number of ether oxygens (including phenoxy) is 2. The zero-order chi connectivity index (χ0) is 44.5. The number of rotatable bonds is 11. The maximum Gasteiger partial charge on any atom is 0.126 e. The average Bonchev–Trinajstić information content (AvgIpc) is 4.23. The summed E-state index contributed by atoms with van der Waals surface area (Å²) in [5, 5.41) is 20.9. The fraction of sp³-hybridized carbons (Fsp3) is 0.0714. The van der Waals surface area contributed by atoms with Gasteiger partial charge in [-0.25, -0.2) is 0 Å². The predicted octanol–water partition coefficient (Wildman–Crippen LogP) is 17.3. The number of para-hydroxylation sites is 2. The van der Waals surface area contributed by atoms with E-state index in [0.29, 0.717) is 0 Å². The second kappa shape index (κ2) is 17.1. The number of benzene rings is 6. The number of aliphatic hydroxyl groups excluding tert-OH is 2. The topological polar surface area (TPSA) is 58.9 Å². The first-order valence-corrected chi connectivity index (χ1v) is 26.3. The van der Waals surface area contributed by atoms with E-state index in [2.05, 4.69) is 97.1 Å². The third-order valence-corrected chi connectivity index (χ3v) is 20.0. The van der Waals surface area contributed by atoms with Crippen molar-refractivity contribution in [1.82, 2.24) is 0 Å². The Hall–Kier alpha value is -5.92. The van der Waals surface area contributed by atoms with Crippen molar-refractivity contribution in [2.45, 2.75) is 13.2 Å². The zero-order valence-electron chi connectivity index (χ0n) is 35.6. The molecule has 6 aromatic heterocycles. The van der Waals surface area contributed by atoms with Crippen LogP contribution in [-0.4, -0.2) is 24.4 Å². The van der Waals surface area contributed by atoms with Gasteiger partial charge < -0.3 is 19.7 Å². The van der Waals surface area contributed by atoms with E-state index < -0.39 is 0 Å². The number of methoxy groups -OCH3 is 2. The van der Waals surface area contributed by atoms with Crippen LogP contribution in [0.25, 0.3) is 113 Å². The summed E-state index contributed by atoms with van der Waals surface area (Å²) in [5.41, 5.74) is 12.6. The standard InChI is InChI=1S/C56H38O4S6/c1-59-41-23-9-7-17-35(41)39-21-12-22-40(36-18-8-10-24-42(36)60-2)52(39)46-28-50-56(66-46)54-48(62-50)26-44(64-54)43-25-47-53(63-43)55-49(61-47)27-45(65-55)51-37(33-15-5-3-13-31(33)29-57)19-11-20-38(51)34-16-6-4-14-32(34)30-58/h3-28,57-58H,29-30H2,1-2H3. The van der Waals surface area contributed by atoms with Crippen molar-refractivity contribution in [3.63, 3.8) is 0 Å². The Morgan fingerprint density at radius 3 is 1.02 bits per heavy atom. The Balaban J connectivity index is 0.965. The predicted molar refractivity (Wildman–Crippen MR) is 287 cm³/mol. The Morgan fingerprint density at radius 1 is 0.333 bits per heavy atom.